The normalized spacial score (nSPS) is 18.8. The molecule has 3 rings (SSSR count). The fourth-order valence-electron chi connectivity index (χ4n) is 3.93. The van der Waals surface area contributed by atoms with E-state index in [9.17, 15) is 14.3 Å². The quantitative estimate of drug-likeness (QED) is 0.536. The average Bonchev–Trinajstić information content (AvgIpc) is 2.82. The predicted molar refractivity (Wildman–Crippen MR) is 129 cm³/mol. The molecule has 2 bridgehead atoms. The van der Waals surface area contributed by atoms with Crippen LogP contribution in [0.3, 0.4) is 0 Å². The van der Waals surface area contributed by atoms with Crippen molar-refractivity contribution >= 4 is 17.7 Å². The maximum Gasteiger partial charge on any atom is 0.256 e. The summed E-state index contributed by atoms with van der Waals surface area (Å²) in [4.78, 5) is 21.7. The number of nitrogens with zero attached hydrogens (tertiary/aromatic N) is 2. The first-order valence-corrected chi connectivity index (χ1v) is 12.2. The molecule has 0 saturated heterocycles. The lowest BCUT2D eigenvalue weighted by molar-refractivity contribution is 0.0951. The van der Waals surface area contributed by atoms with E-state index >= 15 is 0 Å². The first-order chi connectivity index (χ1) is 16.1. The van der Waals surface area contributed by atoms with Crippen LogP contribution >= 0.6 is 0 Å². The fraction of sp³-hybridized carbons (Fsp3) is 0.560. The zero-order chi connectivity index (χ0) is 23.3. The zero-order valence-corrected chi connectivity index (χ0v) is 19.3. The van der Waals surface area contributed by atoms with Gasteiger partial charge in [-0.05, 0) is 43.4 Å². The Morgan fingerprint density at radius 2 is 1.64 bits per heavy atom. The van der Waals surface area contributed by atoms with Gasteiger partial charge in [0.05, 0.1) is 6.10 Å². The van der Waals surface area contributed by atoms with Crippen molar-refractivity contribution in [1.29, 1.82) is 0 Å². The third kappa shape index (κ3) is 8.96. The monoisotopic (exact) mass is 457 g/mol. The molecule has 7 nitrogen and oxygen atoms in total. The average molecular weight is 458 g/mol. The van der Waals surface area contributed by atoms with Gasteiger partial charge in [0, 0.05) is 25.8 Å². The highest BCUT2D eigenvalue weighted by Gasteiger charge is 2.15. The van der Waals surface area contributed by atoms with E-state index in [-0.39, 0.29) is 24.4 Å². The number of rotatable bonds is 3. The molecule has 0 aliphatic carbocycles. The number of carbonyl (C=O) groups excluding carboxylic acids is 1. The summed E-state index contributed by atoms with van der Waals surface area (Å²) < 4.78 is 13.1. The lowest BCUT2D eigenvalue weighted by Crippen LogP contribution is -2.25. The Morgan fingerprint density at radius 1 is 0.970 bits per heavy atom. The zero-order valence-electron chi connectivity index (χ0n) is 19.3. The minimum Gasteiger partial charge on any atom is -0.393 e. The third-order valence-corrected chi connectivity index (χ3v) is 5.90. The van der Waals surface area contributed by atoms with Crippen molar-refractivity contribution in [2.45, 2.75) is 76.9 Å². The van der Waals surface area contributed by atoms with E-state index in [0.29, 0.717) is 23.9 Å². The largest absolute Gasteiger partial charge is 0.393 e. The van der Waals surface area contributed by atoms with Gasteiger partial charge in [-0.25, -0.2) is 9.37 Å². The number of fused-ring (bicyclic) bond motifs is 2. The Morgan fingerprint density at radius 3 is 2.42 bits per heavy atom. The summed E-state index contributed by atoms with van der Waals surface area (Å²) in [5.74, 6) is 0.360. The van der Waals surface area contributed by atoms with Crippen LogP contribution in [0.15, 0.2) is 30.5 Å². The van der Waals surface area contributed by atoms with Gasteiger partial charge in [-0.3, -0.25) is 4.79 Å². The number of carbonyl (C=O) groups is 1. The van der Waals surface area contributed by atoms with Crippen LogP contribution in [0.4, 0.5) is 16.2 Å². The molecule has 0 fully saturated rings. The number of aliphatic hydroxyl groups is 1. The third-order valence-electron chi connectivity index (χ3n) is 5.90. The van der Waals surface area contributed by atoms with Gasteiger partial charge < -0.3 is 21.1 Å². The molecule has 0 saturated carbocycles. The number of halogens is 1. The highest BCUT2D eigenvalue weighted by Crippen LogP contribution is 2.17. The van der Waals surface area contributed by atoms with E-state index in [1.807, 2.05) is 0 Å². The van der Waals surface area contributed by atoms with Crippen LogP contribution < -0.4 is 16.0 Å². The van der Waals surface area contributed by atoms with E-state index < -0.39 is 0 Å². The molecule has 1 aromatic heterocycles. The van der Waals surface area contributed by atoms with Crippen molar-refractivity contribution in [3.8, 4) is 0 Å². The molecule has 1 aliphatic heterocycles. The predicted octanol–water partition coefficient (Wildman–Crippen LogP) is 4.65. The van der Waals surface area contributed by atoms with E-state index in [2.05, 4.69) is 25.9 Å². The maximum absolute atomic E-state index is 13.1. The van der Waals surface area contributed by atoms with E-state index in [4.69, 9.17) is 0 Å². The number of amides is 1. The van der Waals surface area contributed by atoms with Crippen LogP contribution in [0.25, 0.3) is 0 Å². The standard InChI is InChI=1S/C25H36FN5O2/c26-20-13-11-19(12-14-20)17-29-24(33)22-18-30-25-28-15-7-5-3-1-2-4-6-9-21(32)10-8-16-27-23(22)31-25/h11-14,18,21,32H,1-10,15-17H2,(H,29,33)(H2,27,28,30,31). The number of hydrogen-bond donors (Lipinski definition) is 4. The summed E-state index contributed by atoms with van der Waals surface area (Å²) in [7, 11) is 0. The van der Waals surface area contributed by atoms with Crippen molar-refractivity contribution in [2.75, 3.05) is 23.7 Å². The summed E-state index contributed by atoms with van der Waals surface area (Å²) in [6.07, 6.45) is 11.7. The van der Waals surface area contributed by atoms with Crippen LogP contribution in [0.2, 0.25) is 0 Å². The number of anilines is 2. The smallest absolute Gasteiger partial charge is 0.256 e. The second kappa shape index (κ2) is 13.7. The highest BCUT2D eigenvalue weighted by atomic mass is 19.1. The van der Waals surface area contributed by atoms with Crippen LogP contribution in [0.1, 0.15) is 80.1 Å². The fourth-order valence-corrected chi connectivity index (χ4v) is 3.93. The van der Waals surface area contributed by atoms with Gasteiger partial charge in [0.15, 0.2) is 0 Å². The van der Waals surface area contributed by atoms with Gasteiger partial charge in [0.25, 0.3) is 5.91 Å². The topological polar surface area (TPSA) is 99.2 Å². The van der Waals surface area contributed by atoms with Crippen molar-refractivity contribution < 1.29 is 14.3 Å². The van der Waals surface area contributed by atoms with Gasteiger partial charge in [-0.1, -0.05) is 50.7 Å². The number of hydrogen-bond acceptors (Lipinski definition) is 6. The summed E-state index contributed by atoms with van der Waals surface area (Å²) in [6, 6.07) is 6.02. The molecule has 4 N–H and O–H groups in total. The molecule has 0 radical (unpaired) electrons. The Kier molecular flexibility index (Phi) is 10.4. The van der Waals surface area contributed by atoms with Gasteiger partial charge >= 0.3 is 0 Å². The van der Waals surface area contributed by atoms with E-state index in [1.54, 1.807) is 12.1 Å². The molecule has 2 aromatic rings. The molecule has 8 heteroatoms. The SMILES string of the molecule is O=C(NCc1ccc(F)cc1)c1cnc2nc1NCCCC(O)CCCCCCCCCN2. The maximum atomic E-state index is 13.1. The molecule has 1 aromatic carbocycles. The Hall–Kier alpha value is -2.74. The molecule has 1 amide bonds. The first kappa shape index (κ1) is 24.9. The number of aromatic nitrogens is 2. The van der Waals surface area contributed by atoms with Crippen molar-refractivity contribution in [1.82, 2.24) is 15.3 Å². The van der Waals surface area contributed by atoms with E-state index in [0.717, 1.165) is 50.6 Å². The van der Waals surface area contributed by atoms with Gasteiger partial charge in [-0.15, -0.1) is 0 Å². The van der Waals surface area contributed by atoms with Gasteiger partial charge in [-0.2, -0.15) is 4.98 Å². The Balaban J connectivity index is 1.64. The highest BCUT2D eigenvalue weighted by molar-refractivity contribution is 5.98. The second-order valence-electron chi connectivity index (χ2n) is 8.68. The van der Waals surface area contributed by atoms with Gasteiger partial charge in [0.2, 0.25) is 5.95 Å². The number of nitrogens with one attached hydrogen (secondary N) is 3. The van der Waals surface area contributed by atoms with E-state index in [1.165, 1.54) is 44.0 Å². The Labute approximate surface area is 195 Å². The lowest BCUT2D eigenvalue weighted by Gasteiger charge is -2.15. The minimum atomic E-state index is -0.310. The van der Waals surface area contributed by atoms with Crippen LogP contribution in [0.5, 0.6) is 0 Å². The molecule has 2 heterocycles. The Bertz CT molecular complexity index is 862. The molecule has 1 aliphatic rings. The lowest BCUT2D eigenvalue weighted by atomic mass is 10.0. The van der Waals surface area contributed by atoms with Gasteiger partial charge in [0.1, 0.15) is 17.2 Å². The molecular formula is C25H36FN5O2. The van der Waals surface area contributed by atoms with Crippen LogP contribution in [-0.2, 0) is 6.54 Å². The summed E-state index contributed by atoms with van der Waals surface area (Å²) in [5, 5.41) is 19.6. The molecule has 1 atom stereocenters. The van der Waals surface area contributed by atoms with Crippen molar-refractivity contribution in [2.24, 2.45) is 0 Å². The van der Waals surface area contributed by atoms with Crippen LogP contribution in [0, 0.1) is 5.82 Å². The number of aliphatic hydroxyl groups excluding tert-OH is 1. The second-order valence-corrected chi connectivity index (χ2v) is 8.68. The summed E-state index contributed by atoms with van der Waals surface area (Å²) >= 11 is 0. The van der Waals surface area contributed by atoms with Crippen molar-refractivity contribution in [3.05, 3.63) is 47.4 Å². The molecule has 0 spiro atoms. The molecular weight excluding hydrogens is 421 g/mol. The summed E-state index contributed by atoms with van der Waals surface area (Å²) in [5.41, 5.74) is 1.17. The van der Waals surface area contributed by atoms with Crippen LogP contribution in [-0.4, -0.2) is 40.2 Å². The first-order valence-electron chi connectivity index (χ1n) is 12.2. The molecule has 1 unspecified atom stereocenters. The van der Waals surface area contributed by atoms with Crippen molar-refractivity contribution in [3.63, 3.8) is 0 Å². The molecule has 33 heavy (non-hydrogen) atoms. The summed E-state index contributed by atoms with van der Waals surface area (Å²) in [6.45, 7) is 1.68. The minimum absolute atomic E-state index is 0.282. The molecule has 180 valence electrons. The number of benzene rings is 1.